The van der Waals surface area contributed by atoms with Gasteiger partial charge in [-0.1, -0.05) is 12.1 Å². The highest BCUT2D eigenvalue weighted by atomic mass is 19.1. The van der Waals surface area contributed by atoms with E-state index in [2.05, 4.69) is 9.97 Å². The summed E-state index contributed by atoms with van der Waals surface area (Å²) in [5.74, 6) is -0.773. The second kappa shape index (κ2) is 6.35. The average Bonchev–Trinajstić information content (AvgIpc) is 2.56. The van der Waals surface area contributed by atoms with Crippen LogP contribution in [0, 0.1) is 19.7 Å². The number of carbonyl (C=O) groups is 1. The summed E-state index contributed by atoms with van der Waals surface area (Å²) >= 11 is 0. The minimum Gasteiger partial charge on any atom is -0.454 e. The molecule has 0 N–H and O–H groups in total. The molecule has 122 valence electrons. The number of fused-ring (bicyclic) bond motifs is 1. The molecule has 2 aromatic carbocycles. The van der Waals surface area contributed by atoms with Gasteiger partial charge in [0.25, 0.3) is 0 Å². The lowest BCUT2D eigenvalue weighted by atomic mass is 10.1. The van der Waals surface area contributed by atoms with E-state index in [1.807, 2.05) is 13.8 Å². The Balaban J connectivity index is 1.83. The molecule has 0 saturated carbocycles. The van der Waals surface area contributed by atoms with E-state index >= 15 is 0 Å². The van der Waals surface area contributed by atoms with Crippen LogP contribution in [0.2, 0.25) is 0 Å². The Morgan fingerprint density at radius 3 is 2.29 bits per heavy atom. The number of hydrogen-bond acceptors (Lipinski definition) is 4. The molecule has 1 aromatic heterocycles. The molecule has 0 amide bonds. The molecule has 0 aliphatic heterocycles. The zero-order valence-electron chi connectivity index (χ0n) is 13.7. The zero-order chi connectivity index (χ0) is 17.3. The minimum atomic E-state index is -0.473. The van der Waals surface area contributed by atoms with Gasteiger partial charge in [0.15, 0.2) is 0 Å². The Hall–Kier alpha value is -2.82. The number of hydrogen-bond donors (Lipinski definition) is 0. The standard InChI is InChI=1S/C19H17FN2O2/c1-11-12(2)22-18-10-15(6-9-17(18)21-11)19(23)24-13(3)14-4-7-16(20)8-5-14/h4-10,13H,1-3H3/t13-/m1/s1. The predicted molar refractivity (Wildman–Crippen MR) is 89.2 cm³/mol. The third-order valence-corrected chi connectivity index (χ3v) is 3.93. The van der Waals surface area contributed by atoms with Crippen LogP contribution in [0.25, 0.3) is 11.0 Å². The van der Waals surface area contributed by atoms with Crippen LogP contribution in [0.4, 0.5) is 4.39 Å². The van der Waals surface area contributed by atoms with E-state index in [0.29, 0.717) is 11.1 Å². The number of aromatic nitrogens is 2. The van der Waals surface area contributed by atoms with E-state index in [0.717, 1.165) is 22.5 Å². The Morgan fingerprint density at radius 2 is 1.62 bits per heavy atom. The van der Waals surface area contributed by atoms with Gasteiger partial charge in [0.05, 0.1) is 28.0 Å². The monoisotopic (exact) mass is 324 g/mol. The Bertz CT molecular complexity index is 907. The number of nitrogens with zero attached hydrogens (tertiary/aromatic N) is 2. The van der Waals surface area contributed by atoms with Crippen LogP contribution < -0.4 is 0 Å². The van der Waals surface area contributed by atoms with E-state index < -0.39 is 12.1 Å². The molecule has 5 heteroatoms. The highest BCUT2D eigenvalue weighted by Crippen LogP contribution is 2.20. The molecule has 1 heterocycles. The second-order valence-corrected chi connectivity index (χ2v) is 5.70. The van der Waals surface area contributed by atoms with Gasteiger partial charge in [-0.25, -0.2) is 19.2 Å². The van der Waals surface area contributed by atoms with Crippen molar-refractivity contribution in [3.05, 3.63) is 70.8 Å². The summed E-state index contributed by atoms with van der Waals surface area (Å²) in [7, 11) is 0. The van der Waals surface area contributed by atoms with Crippen molar-refractivity contribution in [2.75, 3.05) is 0 Å². The SMILES string of the molecule is Cc1nc2ccc(C(=O)O[C@H](C)c3ccc(F)cc3)cc2nc1C. The highest BCUT2D eigenvalue weighted by Gasteiger charge is 2.15. The van der Waals surface area contributed by atoms with Crippen molar-refractivity contribution in [2.45, 2.75) is 26.9 Å². The molecular formula is C19H17FN2O2. The lowest BCUT2D eigenvalue weighted by Crippen LogP contribution is -2.09. The van der Waals surface area contributed by atoms with Gasteiger partial charge < -0.3 is 4.74 Å². The fraction of sp³-hybridized carbons (Fsp3) is 0.211. The smallest absolute Gasteiger partial charge is 0.338 e. The van der Waals surface area contributed by atoms with Crippen LogP contribution in [0.5, 0.6) is 0 Å². The molecule has 0 saturated heterocycles. The van der Waals surface area contributed by atoms with Crippen LogP contribution in [-0.4, -0.2) is 15.9 Å². The summed E-state index contributed by atoms with van der Waals surface area (Å²) in [6.07, 6.45) is -0.473. The van der Waals surface area contributed by atoms with Gasteiger partial charge in [0.2, 0.25) is 0 Å². The van der Waals surface area contributed by atoms with Crippen molar-refractivity contribution in [1.82, 2.24) is 9.97 Å². The van der Waals surface area contributed by atoms with Gasteiger partial charge in [0.1, 0.15) is 11.9 Å². The molecule has 0 radical (unpaired) electrons. The molecule has 0 bridgehead atoms. The van der Waals surface area contributed by atoms with Crippen molar-refractivity contribution in [3.8, 4) is 0 Å². The fourth-order valence-electron chi connectivity index (χ4n) is 2.39. The first-order chi connectivity index (χ1) is 11.4. The number of benzene rings is 2. The van der Waals surface area contributed by atoms with Crippen molar-refractivity contribution >= 4 is 17.0 Å². The van der Waals surface area contributed by atoms with Crippen molar-refractivity contribution < 1.29 is 13.9 Å². The molecule has 0 unspecified atom stereocenters. The Morgan fingerprint density at radius 1 is 1.00 bits per heavy atom. The third-order valence-electron chi connectivity index (χ3n) is 3.93. The van der Waals surface area contributed by atoms with Crippen molar-refractivity contribution in [2.24, 2.45) is 0 Å². The largest absolute Gasteiger partial charge is 0.454 e. The van der Waals surface area contributed by atoms with Gasteiger partial charge in [-0.2, -0.15) is 0 Å². The maximum absolute atomic E-state index is 13.0. The van der Waals surface area contributed by atoms with E-state index in [4.69, 9.17) is 4.74 Å². The quantitative estimate of drug-likeness (QED) is 0.674. The topological polar surface area (TPSA) is 52.1 Å². The van der Waals surface area contributed by atoms with Crippen LogP contribution in [-0.2, 0) is 4.74 Å². The molecule has 4 nitrogen and oxygen atoms in total. The first kappa shape index (κ1) is 16.1. The van der Waals surface area contributed by atoms with E-state index in [1.54, 1.807) is 37.3 Å². The van der Waals surface area contributed by atoms with Crippen LogP contribution >= 0.6 is 0 Å². The van der Waals surface area contributed by atoms with E-state index in [1.165, 1.54) is 12.1 Å². The molecule has 3 aromatic rings. The van der Waals surface area contributed by atoms with Crippen molar-refractivity contribution in [1.29, 1.82) is 0 Å². The van der Waals surface area contributed by atoms with Gasteiger partial charge in [-0.15, -0.1) is 0 Å². The number of rotatable bonds is 3. The number of carbonyl (C=O) groups excluding carboxylic acids is 1. The summed E-state index contributed by atoms with van der Waals surface area (Å²) in [4.78, 5) is 21.2. The normalized spacial score (nSPS) is 12.2. The van der Waals surface area contributed by atoms with Gasteiger partial charge in [0, 0.05) is 0 Å². The number of ether oxygens (including phenoxy) is 1. The second-order valence-electron chi connectivity index (χ2n) is 5.70. The Labute approximate surface area is 139 Å². The van der Waals surface area contributed by atoms with Crippen LogP contribution in [0.1, 0.15) is 40.3 Å². The minimum absolute atomic E-state index is 0.323. The summed E-state index contributed by atoms with van der Waals surface area (Å²) in [5.41, 5.74) is 4.23. The fourth-order valence-corrected chi connectivity index (χ4v) is 2.39. The molecule has 0 aliphatic rings. The maximum atomic E-state index is 13.0. The maximum Gasteiger partial charge on any atom is 0.338 e. The summed E-state index contributed by atoms with van der Waals surface area (Å²) < 4.78 is 18.4. The lowest BCUT2D eigenvalue weighted by molar-refractivity contribution is 0.0338. The molecular weight excluding hydrogens is 307 g/mol. The molecule has 0 aliphatic carbocycles. The predicted octanol–water partition coefficient (Wildman–Crippen LogP) is 4.30. The third kappa shape index (κ3) is 3.25. The van der Waals surface area contributed by atoms with Gasteiger partial charge in [-0.3, -0.25) is 0 Å². The first-order valence-electron chi connectivity index (χ1n) is 7.65. The molecule has 0 spiro atoms. The average molecular weight is 324 g/mol. The van der Waals surface area contributed by atoms with Crippen LogP contribution in [0.3, 0.4) is 0 Å². The highest BCUT2D eigenvalue weighted by molar-refractivity contribution is 5.93. The number of aryl methyl sites for hydroxylation is 2. The summed E-state index contributed by atoms with van der Waals surface area (Å²) in [6.45, 7) is 5.52. The molecule has 3 rings (SSSR count). The number of halogens is 1. The number of esters is 1. The van der Waals surface area contributed by atoms with E-state index in [-0.39, 0.29) is 5.82 Å². The first-order valence-corrected chi connectivity index (χ1v) is 7.65. The molecule has 0 fully saturated rings. The lowest BCUT2D eigenvalue weighted by Gasteiger charge is -2.14. The van der Waals surface area contributed by atoms with Crippen LogP contribution in [0.15, 0.2) is 42.5 Å². The summed E-state index contributed by atoms with van der Waals surface area (Å²) in [5, 5.41) is 0. The van der Waals surface area contributed by atoms with E-state index in [9.17, 15) is 9.18 Å². The molecule has 1 atom stereocenters. The summed E-state index contributed by atoms with van der Waals surface area (Å²) in [6, 6.07) is 11.0. The molecule has 24 heavy (non-hydrogen) atoms. The zero-order valence-corrected chi connectivity index (χ0v) is 13.7. The van der Waals surface area contributed by atoms with Gasteiger partial charge in [-0.05, 0) is 56.7 Å². The Kier molecular flexibility index (Phi) is 4.25. The van der Waals surface area contributed by atoms with Gasteiger partial charge >= 0.3 is 5.97 Å². The van der Waals surface area contributed by atoms with Crippen molar-refractivity contribution in [3.63, 3.8) is 0 Å².